The van der Waals surface area contributed by atoms with Crippen molar-refractivity contribution in [3.05, 3.63) is 71.8 Å². The first kappa shape index (κ1) is 15.4. The Hall–Kier alpha value is -3.46. The smallest absolute Gasteiger partial charge is 0.330 e. The summed E-state index contributed by atoms with van der Waals surface area (Å²) in [7, 11) is 2.23. The number of nitrogens with zero attached hydrogens (tertiary/aromatic N) is 2. The molecule has 8 rings (SSSR count). The van der Waals surface area contributed by atoms with Crippen molar-refractivity contribution in [3.8, 4) is 33.4 Å². The van der Waals surface area contributed by atoms with E-state index in [-0.39, 0.29) is 6.85 Å². The predicted octanol–water partition coefficient (Wildman–Crippen LogP) is 5.27. The van der Waals surface area contributed by atoms with E-state index < -0.39 is 0 Å². The third kappa shape index (κ3) is 1.46. The molecule has 140 valence electrons. The fourth-order valence-corrected chi connectivity index (χ4v) is 6.51. The Kier molecular flexibility index (Phi) is 2.38. The minimum atomic E-state index is 0.277. The van der Waals surface area contributed by atoms with Gasteiger partial charge in [-0.15, -0.1) is 0 Å². The molecule has 30 heavy (non-hydrogen) atoms. The van der Waals surface area contributed by atoms with Crippen LogP contribution in [0.15, 0.2) is 60.7 Å². The fraction of sp³-hybridized carbons (Fsp3) is 0.111. The molecule has 4 aromatic carbocycles. The lowest BCUT2D eigenvalue weighted by atomic mass is 9.45. The normalized spacial score (nSPS) is 15.0. The molecule has 0 bridgehead atoms. The lowest BCUT2D eigenvalue weighted by molar-refractivity contribution is 1.14. The molecule has 0 saturated heterocycles. The quantitative estimate of drug-likeness (QED) is 0.383. The third-order valence-corrected chi connectivity index (χ3v) is 7.56. The summed E-state index contributed by atoms with van der Waals surface area (Å²) >= 11 is 0. The second kappa shape index (κ2) is 4.65. The summed E-state index contributed by atoms with van der Waals surface area (Å²) in [5.41, 5.74) is 19.4. The molecule has 3 heteroatoms. The highest BCUT2D eigenvalue weighted by Gasteiger charge is 2.51. The van der Waals surface area contributed by atoms with Crippen LogP contribution in [0, 0.1) is 13.8 Å². The number of fused-ring (bicyclic) bond motifs is 3. The molecule has 0 spiro atoms. The van der Waals surface area contributed by atoms with Gasteiger partial charge in [0.1, 0.15) is 0 Å². The summed E-state index contributed by atoms with van der Waals surface area (Å²) in [6.07, 6.45) is 0. The van der Waals surface area contributed by atoms with E-state index in [4.69, 9.17) is 0 Å². The van der Waals surface area contributed by atoms with E-state index in [1.807, 2.05) is 0 Å². The van der Waals surface area contributed by atoms with Crippen LogP contribution in [0.1, 0.15) is 11.1 Å². The summed E-state index contributed by atoms with van der Waals surface area (Å²) in [5, 5.41) is 0. The Morgan fingerprint density at radius 1 is 0.600 bits per heavy atom. The number of aryl methyl sites for hydroxylation is 2. The third-order valence-electron chi connectivity index (χ3n) is 7.56. The summed E-state index contributed by atoms with van der Waals surface area (Å²) in [6, 6.07) is 23.3. The van der Waals surface area contributed by atoms with Gasteiger partial charge in [0.25, 0.3) is 0 Å². The average molecular weight is 382 g/mol. The van der Waals surface area contributed by atoms with Crippen LogP contribution in [0.25, 0.3) is 33.4 Å². The topological polar surface area (TPSA) is 6.48 Å². The van der Waals surface area contributed by atoms with Crippen molar-refractivity contribution in [2.75, 3.05) is 16.8 Å². The van der Waals surface area contributed by atoms with E-state index in [9.17, 15) is 0 Å². The minimum Gasteiger partial charge on any atom is -0.372 e. The fourth-order valence-electron chi connectivity index (χ4n) is 6.51. The summed E-state index contributed by atoms with van der Waals surface area (Å²) in [5.74, 6) is 0. The standard InChI is InChI=1S/C27H19BN2/c1-14-10-20-18-8-4-6-16-17-7-5-9-19-21-11-15(2)13-23-27(21)30(28(24(16)18)25(17)19)26(20)22(12-14)29(23)3/h4-13H,1-3H3. The number of rotatable bonds is 0. The van der Waals surface area contributed by atoms with Gasteiger partial charge in [-0.05, 0) is 82.4 Å². The van der Waals surface area contributed by atoms with Gasteiger partial charge in [0.15, 0.2) is 0 Å². The average Bonchev–Trinajstić information content (AvgIpc) is 3.09. The van der Waals surface area contributed by atoms with Crippen molar-refractivity contribution >= 4 is 40.5 Å². The van der Waals surface area contributed by atoms with Crippen LogP contribution in [-0.2, 0) is 0 Å². The van der Waals surface area contributed by atoms with Gasteiger partial charge in [0, 0.05) is 18.2 Å². The zero-order valence-electron chi connectivity index (χ0n) is 17.2. The van der Waals surface area contributed by atoms with E-state index in [1.165, 1.54) is 78.2 Å². The van der Waals surface area contributed by atoms with Crippen LogP contribution < -0.4 is 20.6 Å². The molecule has 0 radical (unpaired) electrons. The van der Waals surface area contributed by atoms with Crippen LogP contribution in [0.2, 0.25) is 0 Å². The number of hydrogen-bond donors (Lipinski definition) is 0. The Balaban J connectivity index is 1.67. The molecular formula is C27H19BN2. The zero-order valence-corrected chi connectivity index (χ0v) is 17.2. The van der Waals surface area contributed by atoms with Gasteiger partial charge in [-0.1, -0.05) is 36.4 Å². The van der Waals surface area contributed by atoms with E-state index in [0.29, 0.717) is 0 Å². The maximum Gasteiger partial charge on any atom is 0.330 e. The lowest BCUT2D eigenvalue weighted by Gasteiger charge is -2.48. The minimum absolute atomic E-state index is 0.277. The Bertz CT molecular complexity index is 1390. The first-order valence-electron chi connectivity index (χ1n) is 10.7. The molecule has 0 aromatic heterocycles. The highest BCUT2D eigenvalue weighted by atomic mass is 15.2. The van der Waals surface area contributed by atoms with Crippen LogP contribution in [-0.4, -0.2) is 13.9 Å². The zero-order chi connectivity index (χ0) is 19.9. The molecule has 4 aromatic rings. The molecular weight excluding hydrogens is 363 g/mol. The molecule has 0 N–H and O–H groups in total. The van der Waals surface area contributed by atoms with Crippen molar-refractivity contribution in [1.29, 1.82) is 0 Å². The largest absolute Gasteiger partial charge is 0.372 e. The molecule has 0 amide bonds. The molecule has 0 fully saturated rings. The molecule has 4 aliphatic rings. The van der Waals surface area contributed by atoms with Crippen LogP contribution in [0.5, 0.6) is 0 Å². The van der Waals surface area contributed by atoms with Gasteiger partial charge in [-0.25, -0.2) is 0 Å². The van der Waals surface area contributed by atoms with E-state index >= 15 is 0 Å². The molecule has 0 unspecified atom stereocenters. The first-order valence-corrected chi connectivity index (χ1v) is 10.7. The van der Waals surface area contributed by atoms with Gasteiger partial charge in [-0.3, -0.25) is 0 Å². The molecule has 4 aliphatic heterocycles. The van der Waals surface area contributed by atoms with Crippen LogP contribution >= 0.6 is 0 Å². The Morgan fingerprint density at radius 2 is 1.03 bits per heavy atom. The summed E-state index contributed by atoms with van der Waals surface area (Å²) < 4.78 is 0. The van der Waals surface area contributed by atoms with Crippen molar-refractivity contribution in [3.63, 3.8) is 0 Å². The molecule has 2 nitrogen and oxygen atoms in total. The molecule has 0 atom stereocenters. The van der Waals surface area contributed by atoms with Crippen molar-refractivity contribution < 1.29 is 0 Å². The van der Waals surface area contributed by atoms with Gasteiger partial charge in [0.05, 0.1) is 22.7 Å². The van der Waals surface area contributed by atoms with Crippen molar-refractivity contribution in [1.82, 2.24) is 0 Å². The van der Waals surface area contributed by atoms with Gasteiger partial charge in [-0.2, -0.15) is 0 Å². The van der Waals surface area contributed by atoms with E-state index in [2.05, 4.69) is 91.3 Å². The number of hydrogen-bond acceptors (Lipinski definition) is 2. The Morgan fingerprint density at radius 3 is 1.50 bits per heavy atom. The molecule has 0 saturated carbocycles. The second-order valence-corrected chi connectivity index (χ2v) is 9.23. The number of benzene rings is 4. The summed E-state index contributed by atoms with van der Waals surface area (Å²) in [6.45, 7) is 4.72. The first-order chi connectivity index (χ1) is 14.6. The highest BCUT2D eigenvalue weighted by Crippen LogP contribution is 2.59. The Labute approximate surface area is 176 Å². The SMILES string of the molecule is Cc1cc2c3c(c1)N(C)c1cc(C)cc4c1N3B1c3c(cccc3-2)-c2cccc-4c21. The maximum atomic E-state index is 2.67. The molecule has 0 aliphatic carbocycles. The van der Waals surface area contributed by atoms with Gasteiger partial charge < -0.3 is 9.71 Å². The van der Waals surface area contributed by atoms with Crippen molar-refractivity contribution in [2.24, 2.45) is 0 Å². The molecule has 4 heterocycles. The van der Waals surface area contributed by atoms with E-state index in [1.54, 1.807) is 0 Å². The van der Waals surface area contributed by atoms with Crippen LogP contribution in [0.3, 0.4) is 0 Å². The highest BCUT2D eigenvalue weighted by molar-refractivity contribution is 6.96. The predicted molar refractivity (Wildman–Crippen MR) is 127 cm³/mol. The van der Waals surface area contributed by atoms with Crippen LogP contribution in [0.4, 0.5) is 22.7 Å². The monoisotopic (exact) mass is 382 g/mol. The second-order valence-electron chi connectivity index (χ2n) is 9.23. The lowest BCUT2D eigenvalue weighted by Crippen LogP contribution is -2.58. The van der Waals surface area contributed by atoms with Crippen molar-refractivity contribution in [2.45, 2.75) is 13.8 Å². The van der Waals surface area contributed by atoms with Gasteiger partial charge in [0.2, 0.25) is 0 Å². The number of anilines is 4. The maximum absolute atomic E-state index is 2.67. The van der Waals surface area contributed by atoms with E-state index in [0.717, 1.165) is 0 Å². The van der Waals surface area contributed by atoms with Gasteiger partial charge >= 0.3 is 6.85 Å². The summed E-state index contributed by atoms with van der Waals surface area (Å²) in [4.78, 5) is 5.08.